The predicted octanol–water partition coefficient (Wildman–Crippen LogP) is 5.36. The van der Waals surface area contributed by atoms with E-state index in [-0.39, 0.29) is 27.4 Å². The van der Waals surface area contributed by atoms with Gasteiger partial charge in [-0.15, -0.1) is 11.3 Å². The van der Waals surface area contributed by atoms with Crippen molar-refractivity contribution >= 4 is 44.6 Å². The maximum Gasteiger partial charge on any atom is 0.264 e. The number of hydrogen-bond acceptors (Lipinski definition) is 5. The van der Waals surface area contributed by atoms with Gasteiger partial charge >= 0.3 is 0 Å². The van der Waals surface area contributed by atoms with E-state index in [2.05, 4.69) is 5.32 Å². The van der Waals surface area contributed by atoms with Gasteiger partial charge in [0, 0.05) is 11.9 Å². The van der Waals surface area contributed by atoms with Gasteiger partial charge in [0.05, 0.1) is 34.3 Å². The molecule has 3 aromatic rings. The van der Waals surface area contributed by atoms with E-state index in [1.165, 1.54) is 32.4 Å². The first kappa shape index (κ1) is 24.1. The summed E-state index contributed by atoms with van der Waals surface area (Å²) in [5.74, 6) is 0.125. The summed E-state index contributed by atoms with van der Waals surface area (Å²) in [7, 11) is -1.06. The Hall–Kier alpha value is -2.55. The van der Waals surface area contributed by atoms with Crippen molar-refractivity contribution in [1.29, 1.82) is 0 Å². The van der Waals surface area contributed by atoms with Gasteiger partial charge in [-0.3, -0.25) is 9.10 Å². The van der Waals surface area contributed by atoms with Gasteiger partial charge in [0.25, 0.3) is 15.9 Å². The van der Waals surface area contributed by atoms with Crippen LogP contribution in [0.1, 0.15) is 35.1 Å². The molecule has 1 N–H and O–H groups in total. The number of benzene rings is 2. The number of sulfonamides is 1. The zero-order chi connectivity index (χ0) is 23.5. The molecule has 170 valence electrons. The number of carbonyl (C=O) groups is 1. The minimum absolute atomic E-state index is 0.0438. The summed E-state index contributed by atoms with van der Waals surface area (Å²) < 4.78 is 33.0. The zero-order valence-corrected chi connectivity index (χ0v) is 20.6. The minimum Gasteiger partial charge on any atom is -0.495 e. The van der Waals surface area contributed by atoms with Crippen molar-refractivity contribution in [3.05, 3.63) is 75.4 Å². The SMILES string of the molecule is COc1ccccc1N(C)S(=O)(=O)c1ccc(Cl)c(C(=O)NC(c2cccs2)C(C)C)c1. The van der Waals surface area contributed by atoms with E-state index in [9.17, 15) is 13.2 Å². The second-order valence-corrected chi connectivity index (χ2v) is 10.9. The number of nitrogens with one attached hydrogen (secondary N) is 1. The summed E-state index contributed by atoms with van der Waals surface area (Å²) in [6.45, 7) is 4.02. The lowest BCUT2D eigenvalue weighted by Crippen LogP contribution is -2.32. The van der Waals surface area contributed by atoms with Crippen molar-refractivity contribution in [3.8, 4) is 5.75 Å². The second kappa shape index (κ2) is 9.94. The average molecular weight is 493 g/mol. The fraction of sp³-hybridized carbons (Fsp3) is 0.261. The number of anilines is 1. The molecule has 3 rings (SSSR count). The van der Waals surface area contributed by atoms with E-state index in [4.69, 9.17) is 16.3 Å². The first-order chi connectivity index (χ1) is 15.2. The number of carbonyl (C=O) groups excluding carboxylic acids is 1. The Bertz CT molecular complexity index is 1190. The Morgan fingerprint density at radius 1 is 1.12 bits per heavy atom. The van der Waals surface area contributed by atoms with Crippen LogP contribution in [0.5, 0.6) is 5.75 Å². The smallest absolute Gasteiger partial charge is 0.264 e. The van der Waals surface area contributed by atoms with E-state index in [1.807, 2.05) is 31.4 Å². The molecule has 1 aromatic heterocycles. The van der Waals surface area contributed by atoms with Crippen molar-refractivity contribution in [2.45, 2.75) is 24.8 Å². The van der Waals surface area contributed by atoms with Crippen molar-refractivity contribution in [3.63, 3.8) is 0 Å². The molecule has 0 saturated heterocycles. The van der Waals surface area contributed by atoms with Gasteiger partial charge in [0.15, 0.2) is 0 Å². The summed E-state index contributed by atoms with van der Waals surface area (Å²) in [4.78, 5) is 14.0. The Morgan fingerprint density at radius 3 is 2.47 bits per heavy atom. The Kier molecular flexibility index (Phi) is 7.48. The van der Waals surface area contributed by atoms with Crippen LogP contribution in [0, 0.1) is 5.92 Å². The maximum absolute atomic E-state index is 13.3. The number of ether oxygens (including phenoxy) is 1. The molecule has 1 unspecified atom stereocenters. The van der Waals surface area contributed by atoms with Crippen molar-refractivity contribution < 1.29 is 17.9 Å². The van der Waals surface area contributed by atoms with Crippen LogP contribution in [-0.4, -0.2) is 28.5 Å². The molecule has 1 heterocycles. The largest absolute Gasteiger partial charge is 0.495 e. The Morgan fingerprint density at radius 2 is 1.84 bits per heavy atom. The lowest BCUT2D eigenvalue weighted by Gasteiger charge is -2.23. The third-order valence-corrected chi connectivity index (χ3v) is 8.12. The van der Waals surface area contributed by atoms with Crippen molar-refractivity contribution in [1.82, 2.24) is 5.32 Å². The molecule has 0 saturated carbocycles. The molecule has 0 aliphatic carbocycles. The molecule has 9 heteroatoms. The van der Waals surface area contributed by atoms with Gasteiger partial charge in [0.1, 0.15) is 5.75 Å². The molecule has 32 heavy (non-hydrogen) atoms. The first-order valence-electron chi connectivity index (χ1n) is 9.92. The number of thiophene rings is 1. The normalized spacial score (nSPS) is 12.4. The van der Waals surface area contributed by atoms with Gasteiger partial charge in [-0.05, 0) is 47.7 Å². The fourth-order valence-electron chi connectivity index (χ4n) is 3.27. The summed E-state index contributed by atoms with van der Waals surface area (Å²) >= 11 is 7.84. The van der Waals surface area contributed by atoms with Gasteiger partial charge in [0.2, 0.25) is 0 Å². The quantitative estimate of drug-likeness (QED) is 0.459. The van der Waals surface area contributed by atoms with Crippen LogP contribution in [0.15, 0.2) is 64.9 Å². The summed E-state index contributed by atoms with van der Waals surface area (Å²) in [6.07, 6.45) is 0. The van der Waals surface area contributed by atoms with Crippen LogP contribution in [0.4, 0.5) is 5.69 Å². The number of hydrogen-bond donors (Lipinski definition) is 1. The number of amides is 1. The fourth-order valence-corrected chi connectivity index (χ4v) is 5.66. The van der Waals surface area contributed by atoms with Crippen LogP contribution < -0.4 is 14.4 Å². The molecular weight excluding hydrogens is 468 g/mol. The standard InChI is InChI=1S/C23H25ClN2O4S2/c1-15(2)22(21-10-7-13-31-21)25-23(27)17-14-16(11-12-18(17)24)32(28,29)26(3)19-8-5-6-9-20(19)30-4/h5-15,22H,1-4H3,(H,25,27). The van der Waals surface area contributed by atoms with Gasteiger partial charge in [-0.1, -0.05) is 43.6 Å². The molecule has 1 atom stereocenters. The molecule has 2 aromatic carbocycles. The number of halogens is 1. The van der Waals surface area contributed by atoms with Gasteiger partial charge < -0.3 is 10.1 Å². The average Bonchev–Trinajstić information content (AvgIpc) is 3.31. The van der Waals surface area contributed by atoms with Gasteiger partial charge in [-0.25, -0.2) is 8.42 Å². The van der Waals surface area contributed by atoms with E-state index in [1.54, 1.807) is 35.6 Å². The highest BCUT2D eigenvalue weighted by molar-refractivity contribution is 7.92. The summed E-state index contributed by atoms with van der Waals surface area (Å²) in [5.41, 5.74) is 0.483. The summed E-state index contributed by atoms with van der Waals surface area (Å²) in [5, 5.41) is 5.12. The predicted molar refractivity (Wildman–Crippen MR) is 129 cm³/mol. The minimum atomic E-state index is -3.97. The zero-order valence-electron chi connectivity index (χ0n) is 18.2. The third-order valence-electron chi connectivity index (χ3n) is 5.07. The number of methoxy groups -OCH3 is 1. The van der Waals surface area contributed by atoms with E-state index < -0.39 is 15.9 Å². The lowest BCUT2D eigenvalue weighted by molar-refractivity contribution is 0.0926. The van der Waals surface area contributed by atoms with Crippen LogP contribution in [0.2, 0.25) is 5.02 Å². The first-order valence-corrected chi connectivity index (χ1v) is 12.6. The van der Waals surface area contributed by atoms with Gasteiger partial charge in [-0.2, -0.15) is 0 Å². The summed E-state index contributed by atoms with van der Waals surface area (Å²) in [6, 6.07) is 14.6. The molecular formula is C23H25ClN2O4S2. The number of para-hydroxylation sites is 2. The molecule has 0 spiro atoms. The molecule has 0 bridgehead atoms. The molecule has 0 radical (unpaired) electrons. The highest BCUT2D eigenvalue weighted by atomic mass is 35.5. The van der Waals surface area contributed by atoms with Crippen LogP contribution >= 0.6 is 22.9 Å². The Balaban J connectivity index is 1.94. The topological polar surface area (TPSA) is 75.7 Å². The molecule has 6 nitrogen and oxygen atoms in total. The Labute approximate surface area is 197 Å². The highest BCUT2D eigenvalue weighted by Gasteiger charge is 2.27. The molecule has 0 aliphatic rings. The van der Waals surface area contributed by atoms with Crippen LogP contribution in [0.25, 0.3) is 0 Å². The van der Waals surface area contributed by atoms with Crippen molar-refractivity contribution in [2.24, 2.45) is 5.92 Å². The second-order valence-electron chi connectivity index (χ2n) is 7.50. The monoisotopic (exact) mass is 492 g/mol. The van der Waals surface area contributed by atoms with Crippen molar-refractivity contribution in [2.75, 3.05) is 18.5 Å². The van der Waals surface area contributed by atoms with E-state index in [0.717, 1.165) is 9.18 Å². The maximum atomic E-state index is 13.3. The lowest BCUT2D eigenvalue weighted by atomic mass is 10.0. The molecule has 0 fully saturated rings. The number of rotatable bonds is 8. The number of nitrogens with zero attached hydrogens (tertiary/aromatic N) is 1. The van der Waals surface area contributed by atoms with Crippen LogP contribution in [0.3, 0.4) is 0 Å². The molecule has 1 amide bonds. The highest BCUT2D eigenvalue weighted by Crippen LogP contribution is 2.32. The third kappa shape index (κ3) is 4.92. The van der Waals surface area contributed by atoms with E-state index >= 15 is 0 Å². The molecule has 0 aliphatic heterocycles. The van der Waals surface area contributed by atoms with Crippen LogP contribution in [-0.2, 0) is 10.0 Å². The van der Waals surface area contributed by atoms with E-state index in [0.29, 0.717) is 11.4 Å².